The molecule has 1 fully saturated rings. The Labute approximate surface area is 142 Å². The van der Waals surface area contributed by atoms with Crippen molar-refractivity contribution in [1.82, 2.24) is 10.2 Å². The average molecular weight is 369 g/mol. The van der Waals surface area contributed by atoms with Crippen molar-refractivity contribution in [1.29, 1.82) is 0 Å². The van der Waals surface area contributed by atoms with Crippen molar-refractivity contribution in [2.45, 2.75) is 44.7 Å². The average Bonchev–Trinajstić information content (AvgIpc) is 2.83. The predicted molar refractivity (Wildman–Crippen MR) is 80.2 cm³/mol. The van der Waals surface area contributed by atoms with E-state index in [0.717, 1.165) is 19.3 Å². The van der Waals surface area contributed by atoms with Gasteiger partial charge in [0, 0.05) is 32.4 Å². The maximum absolute atomic E-state index is 11.4. The molecular weight excluding hydrogens is 347 g/mol. The zero-order valence-electron chi connectivity index (χ0n) is 13.6. The largest absolute Gasteiger partial charge is 0.490 e. The number of carbonyl (C=O) groups excluding carboxylic acids is 3. The lowest BCUT2D eigenvalue weighted by Gasteiger charge is -2.13. The molecule has 4 N–H and O–H groups in total. The lowest BCUT2D eigenvalue weighted by Crippen LogP contribution is -2.37. The van der Waals surface area contributed by atoms with Crippen molar-refractivity contribution in [3.8, 4) is 0 Å². The molecule has 0 atom stereocenters. The van der Waals surface area contributed by atoms with E-state index >= 15 is 0 Å². The lowest BCUT2D eigenvalue weighted by molar-refractivity contribution is -0.192. The molecule has 0 unspecified atom stereocenters. The number of likely N-dealkylation sites (tertiary alicyclic amines) is 1. The van der Waals surface area contributed by atoms with E-state index in [9.17, 15) is 27.6 Å². The Hall–Kier alpha value is -2.17. The van der Waals surface area contributed by atoms with Gasteiger partial charge in [0.25, 0.3) is 0 Å². The Morgan fingerprint density at radius 3 is 2.08 bits per heavy atom. The van der Waals surface area contributed by atoms with Gasteiger partial charge in [0.15, 0.2) is 0 Å². The molecule has 0 bridgehead atoms. The van der Waals surface area contributed by atoms with Crippen molar-refractivity contribution in [3.05, 3.63) is 0 Å². The van der Waals surface area contributed by atoms with Crippen molar-refractivity contribution in [2.75, 3.05) is 19.6 Å². The first-order chi connectivity index (χ1) is 11.6. The number of carboxylic acids is 1. The molecule has 1 rings (SSSR count). The molecule has 0 radical (unpaired) electrons. The third-order valence-corrected chi connectivity index (χ3v) is 3.16. The van der Waals surface area contributed by atoms with Crippen LogP contribution in [0.25, 0.3) is 0 Å². The Bertz CT molecular complexity index is 467. The van der Waals surface area contributed by atoms with Crippen LogP contribution < -0.4 is 11.1 Å². The van der Waals surface area contributed by atoms with Gasteiger partial charge in [-0.05, 0) is 19.4 Å². The minimum absolute atomic E-state index is 0.0360. The summed E-state index contributed by atoms with van der Waals surface area (Å²) in [6, 6.07) is 0. The third kappa shape index (κ3) is 10.3. The lowest BCUT2D eigenvalue weighted by atomic mass is 10.2. The van der Waals surface area contributed by atoms with E-state index in [4.69, 9.17) is 15.6 Å². The molecule has 0 aromatic rings. The molecule has 0 aromatic carbocycles. The number of carbonyl (C=O) groups is 4. The second kappa shape index (κ2) is 11.4. The molecule has 1 saturated heterocycles. The summed E-state index contributed by atoms with van der Waals surface area (Å²) in [6.45, 7) is 1.28. The van der Waals surface area contributed by atoms with Gasteiger partial charge >= 0.3 is 12.1 Å². The standard InChI is InChI=1S/C12H21N3O3.C2HF3O2/c13-7-3-1-2-4-10(16)14-8-9-15-11(17)5-6-12(15)18;3-2(4,5)1(6)7/h1-9,13H2,(H,14,16);(H,6,7). The number of rotatable bonds is 8. The third-order valence-electron chi connectivity index (χ3n) is 3.16. The molecule has 1 heterocycles. The molecule has 0 aliphatic carbocycles. The maximum Gasteiger partial charge on any atom is 0.490 e. The summed E-state index contributed by atoms with van der Waals surface area (Å²) in [4.78, 5) is 44.1. The van der Waals surface area contributed by atoms with Crippen LogP contribution in [0.3, 0.4) is 0 Å². The summed E-state index contributed by atoms with van der Waals surface area (Å²) in [5.41, 5.74) is 5.35. The van der Waals surface area contributed by atoms with Crippen LogP contribution in [0.4, 0.5) is 13.2 Å². The Kier molecular flexibility index (Phi) is 10.4. The minimum atomic E-state index is -5.08. The van der Waals surface area contributed by atoms with Gasteiger partial charge < -0.3 is 16.2 Å². The summed E-state index contributed by atoms with van der Waals surface area (Å²) < 4.78 is 31.7. The first-order valence-electron chi connectivity index (χ1n) is 7.69. The first kappa shape index (κ1) is 22.8. The van der Waals surface area contributed by atoms with E-state index < -0.39 is 12.1 Å². The van der Waals surface area contributed by atoms with Gasteiger partial charge in [0.1, 0.15) is 0 Å². The van der Waals surface area contributed by atoms with Crippen LogP contribution in [-0.2, 0) is 19.2 Å². The molecule has 1 aliphatic rings. The fourth-order valence-corrected chi connectivity index (χ4v) is 1.87. The number of halogens is 3. The summed E-state index contributed by atoms with van der Waals surface area (Å²) in [5, 5.41) is 9.84. The van der Waals surface area contributed by atoms with E-state index in [1.165, 1.54) is 4.90 Å². The van der Waals surface area contributed by atoms with Crippen molar-refractivity contribution in [3.63, 3.8) is 0 Å². The summed E-state index contributed by atoms with van der Waals surface area (Å²) in [7, 11) is 0. The van der Waals surface area contributed by atoms with E-state index in [1.807, 2.05) is 0 Å². The van der Waals surface area contributed by atoms with Crippen LogP contribution in [0, 0.1) is 0 Å². The van der Waals surface area contributed by atoms with E-state index in [1.54, 1.807) is 0 Å². The van der Waals surface area contributed by atoms with E-state index in [-0.39, 0.29) is 24.3 Å². The predicted octanol–water partition coefficient (Wildman–Crippen LogP) is 0.404. The van der Waals surface area contributed by atoms with Crippen molar-refractivity contribution in [2.24, 2.45) is 5.73 Å². The number of alkyl halides is 3. The van der Waals surface area contributed by atoms with Gasteiger partial charge in [-0.1, -0.05) is 6.42 Å². The zero-order chi connectivity index (χ0) is 19.5. The Morgan fingerprint density at radius 2 is 1.64 bits per heavy atom. The molecule has 8 nitrogen and oxygen atoms in total. The molecule has 25 heavy (non-hydrogen) atoms. The van der Waals surface area contributed by atoms with E-state index in [2.05, 4.69) is 5.32 Å². The number of amides is 3. The van der Waals surface area contributed by atoms with Crippen LogP contribution in [0.1, 0.15) is 38.5 Å². The summed E-state index contributed by atoms with van der Waals surface area (Å²) in [6.07, 6.45) is -1.30. The van der Waals surface area contributed by atoms with Crippen LogP contribution in [0.5, 0.6) is 0 Å². The van der Waals surface area contributed by atoms with Gasteiger partial charge in [-0.15, -0.1) is 0 Å². The molecule has 3 amide bonds. The number of imide groups is 1. The zero-order valence-corrected chi connectivity index (χ0v) is 13.6. The number of aliphatic carboxylic acids is 1. The highest BCUT2D eigenvalue weighted by Gasteiger charge is 2.38. The van der Waals surface area contributed by atoms with Gasteiger partial charge in [-0.3, -0.25) is 19.3 Å². The topological polar surface area (TPSA) is 130 Å². The number of carboxylic acid groups (broad SMARTS) is 1. The quantitative estimate of drug-likeness (QED) is 0.420. The minimum Gasteiger partial charge on any atom is -0.475 e. The molecular formula is C14H22F3N3O5. The SMILES string of the molecule is NCCCCCC(=O)NCCN1C(=O)CCC1=O.O=C(O)C(F)(F)F. The normalized spacial score (nSPS) is 14.2. The fourth-order valence-electron chi connectivity index (χ4n) is 1.87. The number of nitrogens with zero attached hydrogens (tertiary/aromatic N) is 1. The monoisotopic (exact) mass is 369 g/mol. The highest BCUT2D eigenvalue weighted by atomic mass is 19.4. The van der Waals surface area contributed by atoms with Crippen molar-refractivity contribution >= 4 is 23.7 Å². The van der Waals surface area contributed by atoms with Gasteiger partial charge in [-0.25, -0.2) is 4.79 Å². The molecule has 144 valence electrons. The summed E-state index contributed by atoms with van der Waals surface area (Å²) in [5.74, 6) is -3.08. The van der Waals surface area contributed by atoms with Crippen LogP contribution in [0.2, 0.25) is 0 Å². The Morgan fingerprint density at radius 1 is 1.12 bits per heavy atom. The molecule has 0 saturated carbocycles. The highest BCUT2D eigenvalue weighted by molar-refractivity contribution is 6.01. The number of hydrogen-bond donors (Lipinski definition) is 3. The fraction of sp³-hybridized carbons (Fsp3) is 0.714. The molecule has 11 heteroatoms. The summed E-state index contributed by atoms with van der Waals surface area (Å²) >= 11 is 0. The molecule has 0 aromatic heterocycles. The van der Waals surface area contributed by atoms with Crippen molar-refractivity contribution < 1.29 is 37.5 Å². The molecule has 1 aliphatic heterocycles. The van der Waals surface area contributed by atoms with Gasteiger partial charge in [0.05, 0.1) is 0 Å². The number of nitrogens with two attached hydrogens (primary N) is 1. The second-order valence-corrected chi connectivity index (χ2v) is 5.19. The number of nitrogens with one attached hydrogen (secondary N) is 1. The highest BCUT2D eigenvalue weighted by Crippen LogP contribution is 2.13. The van der Waals surface area contributed by atoms with Gasteiger partial charge in [-0.2, -0.15) is 13.2 Å². The Balaban J connectivity index is 0.000000697. The second-order valence-electron chi connectivity index (χ2n) is 5.19. The maximum atomic E-state index is 11.4. The van der Waals surface area contributed by atoms with Crippen LogP contribution in [-0.4, -0.2) is 59.5 Å². The first-order valence-corrected chi connectivity index (χ1v) is 7.69. The number of unbranched alkanes of at least 4 members (excludes halogenated alkanes) is 2. The van der Waals surface area contributed by atoms with Crippen LogP contribution in [0.15, 0.2) is 0 Å². The van der Waals surface area contributed by atoms with Gasteiger partial charge in [0.2, 0.25) is 17.7 Å². The smallest absolute Gasteiger partial charge is 0.475 e. The molecule has 0 spiro atoms. The number of hydrogen-bond acceptors (Lipinski definition) is 5. The van der Waals surface area contributed by atoms with E-state index in [0.29, 0.717) is 32.4 Å². The van der Waals surface area contributed by atoms with Crippen LogP contribution >= 0.6 is 0 Å².